The van der Waals surface area contributed by atoms with Gasteiger partial charge in [-0.15, -0.1) is 6.42 Å². The SMILES string of the molecule is C#CCN1C(=O)S/C(=C/c2cc(I)c(OCc3ccc(Br)cc3)c(OC)c2)C1=O. The number of carbonyl (C=O) groups is 2. The highest BCUT2D eigenvalue weighted by molar-refractivity contribution is 14.1. The minimum absolute atomic E-state index is 0.0360. The van der Waals surface area contributed by atoms with Gasteiger partial charge < -0.3 is 9.47 Å². The minimum atomic E-state index is -0.387. The maximum atomic E-state index is 12.4. The Balaban J connectivity index is 1.83. The first-order valence-corrected chi connectivity index (χ1v) is 11.1. The lowest BCUT2D eigenvalue weighted by Crippen LogP contribution is -2.28. The van der Waals surface area contributed by atoms with Crippen molar-refractivity contribution < 1.29 is 19.1 Å². The van der Waals surface area contributed by atoms with Crippen LogP contribution in [0.2, 0.25) is 0 Å². The molecule has 0 spiro atoms. The van der Waals surface area contributed by atoms with Crippen LogP contribution in [0.3, 0.4) is 0 Å². The van der Waals surface area contributed by atoms with Gasteiger partial charge in [0.05, 0.1) is 22.1 Å². The Hall–Kier alpha value is -1.96. The molecule has 2 aromatic carbocycles. The maximum absolute atomic E-state index is 12.4. The molecule has 148 valence electrons. The van der Waals surface area contributed by atoms with Gasteiger partial charge in [0.15, 0.2) is 11.5 Å². The van der Waals surface area contributed by atoms with Crippen molar-refractivity contribution in [2.24, 2.45) is 0 Å². The molecule has 1 aliphatic heterocycles. The van der Waals surface area contributed by atoms with Gasteiger partial charge in [0, 0.05) is 4.47 Å². The second-order valence-electron chi connectivity index (χ2n) is 5.92. The van der Waals surface area contributed by atoms with Crippen LogP contribution in [0.25, 0.3) is 6.08 Å². The predicted molar refractivity (Wildman–Crippen MR) is 126 cm³/mol. The Kier molecular flexibility index (Phi) is 7.27. The van der Waals surface area contributed by atoms with E-state index in [1.54, 1.807) is 19.3 Å². The summed E-state index contributed by atoms with van der Waals surface area (Å²) in [6, 6.07) is 11.5. The monoisotopic (exact) mass is 583 g/mol. The Morgan fingerprint density at radius 3 is 2.66 bits per heavy atom. The third-order valence-electron chi connectivity index (χ3n) is 3.97. The van der Waals surface area contributed by atoms with Gasteiger partial charge in [0.2, 0.25) is 0 Å². The average Bonchev–Trinajstić information content (AvgIpc) is 2.96. The highest BCUT2D eigenvalue weighted by Crippen LogP contribution is 2.37. The van der Waals surface area contributed by atoms with Crippen LogP contribution in [-0.4, -0.2) is 29.7 Å². The van der Waals surface area contributed by atoms with E-state index in [1.807, 2.05) is 30.3 Å². The number of rotatable bonds is 6. The van der Waals surface area contributed by atoms with Crippen LogP contribution in [0.5, 0.6) is 11.5 Å². The first-order valence-electron chi connectivity index (χ1n) is 8.36. The van der Waals surface area contributed by atoms with Crippen LogP contribution in [0, 0.1) is 15.9 Å². The highest BCUT2D eigenvalue weighted by Gasteiger charge is 2.34. The molecule has 1 aliphatic rings. The lowest BCUT2D eigenvalue weighted by atomic mass is 10.1. The Labute approximate surface area is 195 Å². The fourth-order valence-electron chi connectivity index (χ4n) is 2.58. The molecule has 0 bridgehead atoms. The number of benzene rings is 2. The summed E-state index contributed by atoms with van der Waals surface area (Å²) in [5.41, 5.74) is 1.76. The van der Waals surface area contributed by atoms with Crippen molar-refractivity contribution in [2.45, 2.75) is 6.61 Å². The molecule has 3 rings (SSSR count). The molecule has 0 unspecified atom stereocenters. The molecule has 0 saturated carbocycles. The fraction of sp³-hybridized carbons (Fsp3) is 0.143. The van der Waals surface area contributed by atoms with Crippen LogP contribution < -0.4 is 9.47 Å². The summed E-state index contributed by atoms with van der Waals surface area (Å²) in [6.45, 7) is 0.357. The van der Waals surface area contributed by atoms with Crippen LogP contribution in [0.15, 0.2) is 45.8 Å². The zero-order chi connectivity index (χ0) is 21.0. The van der Waals surface area contributed by atoms with Crippen molar-refractivity contribution in [3.8, 4) is 23.8 Å². The summed E-state index contributed by atoms with van der Waals surface area (Å²) < 4.78 is 13.3. The number of halogens is 2. The summed E-state index contributed by atoms with van der Waals surface area (Å²) in [4.78, 5) is 25.7. The molecule has 8 heteroatoms. The molecule has 1 heterocycles. The van der Waals surface area contributed by atoms with E-state index in [9.17, 15) is 9.59 Å². The van der Waals surface area contributed by atoms with Crippen molar-refractivity contribution in [2.75, 3.05) is 13.7 Å². The van der Waals surface area contributed by atoms with Crippen LogP contribution >= 0.6 is 50.3 Å². The topological polar surface area (TPSA) is 55.8 Å². The van der Waals surface area contributed by atoms with E-state index in [1.165, 1.54) is 0 Å². The molecule has 0 aromatic heterocycles. The van der Waals surface area contributed by atoms with Gasteiger partial charge in [-0.05, 0) is 75.8 Å². The number of methoxy groups -OCH3 is 1. The molecule has 0 aliphatic carbocycles. The number of carbonyl (C=O) groups excluding carboxylic acids is 2. The second kappa shape index (κ2) is 9.69. The molecule has 2 aromatic rings. The zero-order valence-corrected chi connectivity index (χ0v) is 19.8. The smallest absolute Gasteiger partial charge is 0.294 e. The largest absolute Gasteiger partial charge is 0.493 e. The summed E-state index contributed by atoms with van der Waals surface area (Å²) in [7, 11) is 1.56. The van der Waals surface area contributed by atoms with Crippen LogP contribution in [0.4, 0.5) is 4.79 Å². The summed E-state index contributed by atoms with van der Waals surface area (Å²) in [5, 5.41) is -0.365. The van der Waals surface area contributed by atoms with Gasteiger partial charge in [0.25, 0.3) is 11.1 Å². The fourth-order valence-corrected chi connectivity index (χ4v) is 4.46. The van der Waals surface area contributed by atoms with Crippen molar-refractivity contribution in [1.29, 1.82) is 0 Å². The lowest BCUT2D eigenvalue weighted by molar-refractivity contribution is -0.122. The van der Waals surface area contributed by atoms with Gasteiger partial charge in [-0.3, -0.25) is 14.5 Å². The normalized spacial score (nSPS) is 15.0. The molecule has 1 fully saturated rings. The van der Waals surface area contributed by atoms with Gasteiger partial charge in [0.1, 0.15) is 6.61 Å². The summed E-state index contributed by atoms with van der Waals surface area (Å²) in [6.07, 6.45) is 6.88. The average molecular weight is 584 g/mol. The number of terminal acetylenes is 1. The molecular formula is C21H15BrINO4S. The van der Waals surface area contributed by atoms with Crippen LogP contribution in [-0.2, 0) is 11.4 Å². The number of thioether (sulfide) groups is 1. The highest BCUT2D eigenvalue weighted by atomic mass is 127. The number of ether oxygens (including phenoxy) is 2. The number of amides is 2. The van der Waals surface area contributed by atoms with E-state index in [-0.39, 0.29) is 17.7 Å². The zero-order valence-electron chi connectivity index (χ0n) is 15.3. The summed E-state index contributed by atoms with van der Waals surface area (Å²) >= 11 is 6.45. The van der Waals surface area contributed by atoms with Crippen molar-refractivity contribution in [3.63, 3.8) is 0 Å². The summed E-state index contributed by atoms with van der Waals surface area (Å²) in [5.74, 6) is 3.10. The quantitative estimate of drug-likeness (QED) is 0.262. The van der Waals surface area contributed by atoms with E-state index in [0.29, 0.717) is 23.0 Å². The Morgan fingerprint density at radius 2 is 2.00 bits per heavy atom. The predicted octanol–water partition coefficient (Wildman–Crippen LogP) is 5.31. The minimum Gasteiger partial charge on any atom is -0.493 e. The van der Waals surface area contributed by atoms with E-state index in [4.69, 9.17) is 15.9 Å². The van der Waals surface area contributed by atoms with E-state index < -0.39 is 0 Å². The Bertz CT molecular complexity index is 1030. The standard InChI is InChI=1S/C21H15BrINO4S/c1-3-8-24-20(25)18(29-21(24)26)11-14-9-16(23)19(17(10-14)27-2)28-12-13-4-6-15(22)7-5-13/h1,4-7,9-11H,8,12H2,2H3/b18-11+. The molecule has 0 radical (unpaired) electrons. The molecule has 0 N–H and O–H groups in total. The lowest BCUT2D eigenvalue weighted by Gasteiger charge is -2.14. The molecular weight excluding hydrogens is 569 g/mol. The molecule has 5 nitrogen and oxygen atoms in total. The number of nitrogens with zero attached hydrogens (tertiary/aromatic N) is 1. The third kappa shape index (κ3) is 5.15. The van der Waals surface area contributed by atoms with Gasteiger partial charge >= 0.3 is 0 Å². The van der Waals surface area contributed by atoms with Crippen molar-refractivity contribution >= 4 is 67.5 Å². The number of imide groups is 1. The third-order valence-corrected chi connectivity index (χ3v) is 6.21. The van der Waals surface area contributed by atoms with Gasteiger partial charge in [-0.2, -0.15) is 0 Å². The van der Waals surface area contributed by atoms with Crippen molar-refractivity contribution in [1.82, 2.24) is 4.90 Å². The van der Waals surface area contributed by atoms with E-state index >= 15 is 0 Å². The maximum Gasteiger partial charge on any atom is 0.294 e. The number of hydrogen-bond acceptors (Lipinski definition) is 5. The number of hydrogen-bond donors (Lipinski definition) is 0. The molecule has 2 amide bonds. The van der Waals surface area contributed by atoms with E-state index in [0.717, 1.165) is 35.8 Å². The molecule has 29 heavy (non-hydrogen) atoms. The van der Waals surface area contributed by atoms with Crippen molar-refractivity contribution in [3.05, 3.63) is 60.5 Å². The first-order chi connectivity index (χ1) is 13.9. The molecule has 1 saturated heterocycles. The van der Waals surface area contributed by atoms with Gasteiger partial charge in [-0.1, -0.05) is 34.0 Å². The Morgan fingerprint density at radius 1 is 1.28 bits per heavy atom. The van der Waals surface area contributed by atoms with Gasteiger partial charge in [-0.25, -0.2) is 0 Å². The first kappa shape index (κ1) is 21.7. The second-order valence-corrected chi connectivity index (χ2v) is 8.99. The van der Waals surface area contributed by atoms with E-state index in [2.05, 4.69) is 44.4 Å². The molecule has 0 atom stereocenters. The van der Waals surface area contributed by atoms with Crippen LogP contribution in [0.1, 0.15) is 11.1 Å².